The predicted octanol–water partition coefficient (Wildman–Crippen LogP) is 5.62. The van der Waals surface area contributed by atoms with Gasteiger partial charge < -0.3 is 25.0 Å². The molecule has 0 radical (unpaired) electrons. The summed E-state index contributed by atoms with van der Waals surface area (Å²) in [6, 6.07) is 0.842. The molecule has 0 heterocycles. The topological polar surface area (TPSA) is 79.9 Å². The van der Waals surface area contributed by atoms with Crippen LogP contribution in [0, 0.1) is 5.92 Å². The maximum absolute atomic E-state index is 12.8. The van der Waals surface area contributed by atoms with Crippen LogP contribution in [0.2, 0.25) is 0 Å². The average molecular weight is 468 g/mol. The number of carbonyl (C=O) groups excluding carboxylic acids is 2. The number of nitrogens with zero attached hydrogens (tertiary/aromatic N) is 1. The van der Waals surface area contributed by atoms with Crippen LogP contribution in [0.3, 0.4) is 0 Å². The van der Waals surface area contributed by atoms with E-state index in [1.54, 1.807) is 0 Å². The van der Waals surface area contributed by atoms with Gasteiger partial charge in [0, 0.05) is 25.2 Å². The van der Waals surface area contributed by atoms with E-state index in [1.807, 2.05) is 46.4 Å². The smallest absolute Gasteiger partial charge is 0.410 e. The molecule has 0 aliphatic heterocycles. The first-order chi connectivity index (χ1) is 15.4. The Morgan fingerprint density at radius 3 is 2.03 bits per heavy atom. The first-order valence-corrected chi connectivity index (χ1v) is 13.1. The van der Waals surface area contributed by atoms with Crippen LogP contribution >= 0.6 is 0 Å². The molecule has 2 amide bonds. The van der Waals surface area contributed by atoms with Gasteiger partial charge in [-0.3, -0.25) is 0 Å². The second-order valence-corrected chi connectivity index (χ2v) is 11.9. The third-order valence-corrected chi connectivity index (χ3v) is 6.43. The highest BCUT2D eigenvalue weighted by atomic mass is 16.6. The van der Waals surface area contributed by atoms with Crippen LogP contribution in [-0.2, 0) is 9.47 Å². The Morgan fingerprint density at radius 1 is 0.848 bits per heavy atom. The van der Waals surface area contributed by atoms with Gasteiger partial charge in [-0.05, 0) is 99.0 Å². The Hall–Kier alpha value is -1.50. The SMILES string of the molecule is CC(C)(C)OC(=O)NCC1CCC(NCCCN(C(=O)OC(C)(C)C)C2CCCCC2)CC1. The second-order valence-electron chi connectivity index (χ2n) is 11.9. The lowest BCUT2D eigenvalue weighted by Crippen LogP contribution is -2.45. The molecule has 2 N–H and O–H groups in total. The Morgan fingerprint density at radius 2 is 1.45 bits per heavy atom. The van der Waals surface area contributed by atoms with E-state index >= 15 is 0 Å². The molecule has 7 nitrogen and oxygen atoms in total. The zero-order valence-electron chi connectivity index (χ0n) is 22.0. The monoisotopic (exact) mass is 467 g/mol. The van der Waals surface area contributed by atoms with E-state index in [1.165, 1.54) is 19.3 Å². The summed E-state index contributed by atoms with van der Waals surface area (Å²) in [5, 5.41) is 6.61. The third kappa shape index (κ3) is 11.5. The third-order valence-electron chi connectivity index (χ3n) is 6.43. The van der Waals surface area contributed by atoms with Gasteiger partial charge in [0.05, 0.1) is 0 Å². The van der Waals surface area contributed by atoms with Gasteiger partial charge in [0.2, 0.25) is 0 Å². The fourth-order valence-corrected chi connectivity index (χ4v) is 4.80. The summed E-state index contributed by atoms with van der Waals surface area (Å²) in [5.41, 5.74) is -0.916. The zero-order valence-corrected chi connectivity index (χ0v) is 22.0. The van der Waals surface area contributed by atoms with Gasteiger partial charge in [0.15, 0.2) is 0 Å². The molecule has 0 aromatic heterocycles. The Kier molecular flexibility index (Phi) is 10.8. The summed E-state index contributed by atoms with van der Waals surface area (Å²) in [6.45, 7) is 13.8. The highest BCUT2D eigenvalue weighted by Gasteiger charge is 2.29. The van der Waals surface area contributed by atoms with E-state index in [9.17, 15) is 9.59 Å². The summed E-state index contributed by atoms with van der Waals surface area (Å²) < 4.78 is 11.0. The van der Waals surface area contributed by atoms with E-state index in [0.717, 1.165) is 58.0 Å². The summed E-state index contributed by atoms with van der Waals surface area (Å²) in [5.74, 6) is 0.518. The van der Waals surface area contributed by atoms with Crippen LogP contribution in [0.4, 0.5) is 9.59 Å². The predicted molar refractivity (Wildman–Crippen MR) is 132 cm³/mol. The van der Waals surface area contributed by atoms with Gasteiger partial charge >= 0.3 is 12.2 Å². The van der Waals surface area contributed by atoms with Gasteiger partial charge in [0.1, 0.15) is 11.2 Å². The van der Waals surface area contributed by atoms with Crippen LogP contribution in [0.25, 0.3) is 0 Å². The molecule has 0 aromatic rings. The van der Waals surface area contributed by atoms with E-state index < -0.39 is 11.2 Å². The number of hydrogen-bond donors (Lipinski definition) is 2. The number of hydrogen-bond acceptors (Lipinski definition) is 5. The molecule has 2 fully saturated rings. The van der Waals surface area contributed by atoms with Crippen LogP contribution in [0.5, 0.6) is 0 Å². The fraction of sp³-hybridized carbons (Fsp3) is 0.923. The molecule has 0 spiro atoms. The molecule has 33 heavy (non-hydrogen) atoms. The minimum absolute atomic E-state index is 0.160. The molecule has 7 heteroatoms. The van der Waals surface area contributed by atoms with Crippen LogP contribution in [-0.4, -0.2) is 60.0 Å². The minimum atomic E-state index is -0.459. The Balaban J connectivity index is 1.67. The molecule has 2 aliphatic carbocycles. The lowest BCUT2D eigenvalue weighted by Gasteiger charge is -2.36. The van der Waals surface area contributed by atoms with Gasteiger partial charge in [-0.25, -0.2) is 9.59 Å². The summed E-state index contributed by atoms with van der Waals surface area (Å²) >= 11 is 0. The van der Waals surface area contributed by atoms with Crippen molar-refractivity contribution in [2.24, 2.45) is 5.92 Å². The molecular weight excluding hydrogens is 418 g/mol. The van der Waals surface area contributed by atoms with Crippen molar-refractivity contribution < 1.29 is 19.1 Å². The van der Waals surface area contributed by atoms with E-state index in [2.05, 4.69) is 10.6 Å². The van der Waals surface area contributed by atoms with Gasteiger partial charge in [-0.2, -0.15) is 0 Å². The normalized spacial score (nSPS) is 22.5. The number of nitrogens with one attached hydrogen (secondary N) is 2. The van der Waals surface area contributed by atoms with Crippen molar-refractivity contribution in [2.75, 3.05) is 19.6 Å². The highest BCUT2D eigenvalue weighted by Crippen LogP contribution is 2.26. The number of rotatable bonds is 8. The van der Waals surface area contributed by atoms with Crippen molar-refractivity contribution in [1.29, 1.82) is 0 Å². The molecule has 2 rings (SSSR count). The van der Waals surface area contributed by atoms with E-state index in [0.29, 0.717) is 24.5 Å². The van der Waals surface area contributed by atoms with Crippen LogP contribution < -0.4 is 10.6 Å². The van der Waals surface area contributed by atoms with E-state index in [-0.39, 0.29) is 12.2 Å². The maximum Gasteiger partial charge on any atom is 0.410 e. The number of carbonyl (C=O) groups is 2. The van der Waals surface area contributed by atoms with E-state index in [4.69, 9.17) is 9.47 Å². The highest BCUT2D eigenvalue weighted by molar-refractivity contribution is 5.68. The molecule has 0 aromatic carbocycles. The summed E-state index contributed by atoms with van der Waals surface area (Å²) in [6.07, 6.45) is 10.8. The Bertz CT molecular complexity index is 598. The maximum atomic E-state index is 12.8. The van der Waals surface area contributed by atoms with Crippen LogP contribution in [0.1, 0.15) is 106 Å². The van der Waals surface area contributed by atoms with Gasteiger partial charge in [0.25, 0.3) is 0 Å². The lowest BCUT2D eigenvalue weighted by molar-refractivity contribution is 0.0118. The van der Waals surface area contributed by atoms with Crippen molar-refractivity contribution in [3.63, 3.8) is 0 Å². The van der Waals surface area contributed by atoms with Gasteiger partial charge in [-0.1, -0.05) is 19.3 Å². The molecule has 0 unspecified atom stereocenters. The number of ether oxygens (including phenoxy) is 2. The molecule has 0 atom stereocenters. The fourth-order valence-electron chi connectivity index (χ4n) is 4.80. The summed E-state index contributed by atoms with van der Waals surface area (Å²) in [4.78, 5) is 26.7. The minimum Gasteiger partial charge on any atom is -0.444 e. The standard InChI is InChI=1S/C26H49N3O4/c1-25(2,3)32-23(30)28-19-20-13-15-21(16-14-20)27-17-10-18-29(22-11-8-7-9-12-22)24(31)33-26(4,5)6/h20-22,27H,7-19H2,1-6H3,(H,28,30). The van der Waals surface area contributed by atoms with Crippen LogP contribution in [0.15, 0.2) is 0 Å². The molecule has 2 aliphatic rings. The molecule has 2 saturated carbocycles. The molecule has 0 bridgehead atoms. The van der Waals surface area contributed by atoms with Crippen molar-refractivity contribution in [2.45, 2.75) is 129 Å². The zero-order chi connectivity index (χ0) is 24.5. The van der Waals surface area contributed by atoms with Crippen molar-refractivity contribution in [3.05, 3.63) is 0 Å². The molecular formula is C26H49N3O4. The van der Waals surface area contributed by atoms with Crippen molar-refractivity contribution in [1.82, 2.24) is 15.5 Å². The lowest BCUT2D eigenvalue weighted by atomic mass is 9.86. The first-order valence-electron chi connectivity index (χ1n) is 13.1. The molecule has 0 saturated heterocycles. The number of alkyl carbamates (subject to hydrolysis) is 1. The average Bonchev–Trinajstić information content (AvgIpc) is 2.71. The first kappa shape index (κ1) is 27.7. The van der Waals surface area contributed by atoms with Crippen molar-refractivity contribution >= 4 is 12.2 Å². The van der Waals surface area contributed by atoms with Crippen molar-refractivity contribution in [3.8, 4) is 0 Å². The summed E-state index contributed by atoms with van der Waals surface area (Å²) in [7, 11) is 0. The molecule has 192 valence electrons. The second kappa shape index (κ2) is 12.8. The van der Waals surface area contributed by atoms with Gasteiger partial charge in [-0.15, -0.1) is 0 Å². The Labute approximate surface area is 201 Å². The number of amides is 2. The largest absolute Gasteiger partial charge is 0.444 e. The quantitative estimate of drug-likeness (QED) is 0.453.